The first kappa shape index (κ1) is 17.0. The molecule has 24 heavy (non-hydrogen) atoms. The van der Waals surface area contributed by atoms with Crippen LogP contribution in [-0.4, -0.2) is 21.2 Å². The van der Waals surface area contributed by atoms with Crippen molar-refractivity contribution in [1.82, 2.24) is 14.9 Å². The second-order valence-electron chi connectivity index (χ2n) is 5.90. The van der Waals surface area contributed by atoms with Gasteiger partial charge in [-0.3, -0.25) is 0 Å². The molecule has 2 aromatic carbocycles. The number of nitrogens with zero attached hydrogens (tertiary/aromatic N) is 2. The molecule has 0 saturated heterocycles. The number of aliphatic hydroxyl groups excluding tert-OH is 1. The van der Waals surface area contributed by atoms with E-state index in [9.17, 15) is 5.11 Å². The fourth-order valence-corrected chi connectivity index (χ4v) is 3.07. The van der Waals surface area contributed by atoms with Crippen molar-refractivity contribution in [3.8, 4) is 0 Å². The Morgan fingerprint density at radius 1 is 1.17 bits per heavy atom. The predicted octanol–water partition coefficient (Wildman–Crippen LogP) is 4.09. The van der Waals surface area contributed by atoms with Crippen molar-refractivity contribution in [2.45, 2.75) is 32.5 Å². The van der Waals surface area contributed by atoms with Crippen molar-refractivity contribution in [2.24, 2.45) is 0 Å². The lowest BCUT2D eigenvalue weighted by Crippen LogP contribution is -2.26. The Kier molecular flexibility index (Phi) is 5.19. The third kappa shape index (κ3) is 3.46. The number of benzene rings is 2. The van der Waals surface area contributed by atoms with Gasteiger partial charge in [-0.25, -0.2) is 4.98 Å². The van der Waals surface area contributed by atoms with E-state index in [1.807, 2.05) is 30.3 Å². The molecule has 0 aliphatic rings. The van der Waals surface area contributed by atoms with Crippen LogP contribution in [0.5, 0.6) is 0 Å². The van der Waals surface area contributed by atoms with Gasteiger partial charge in [0.1, 0.15) is 5.82 Å². The zero-order valence-electron chi connectivity index (χ0n) is 13.9. The van der Waals surface area contributed by atoms with E-state index in [1.54, 1.807) is 12.1 Å². The molecular formula is C19H22ClN3O. The third-order valence-corrected chi connectivity index (χ3v) is 4.51. The number of aryl methyl sites for hydroxylation is 1. The van der Waals surface area contributed by atoms with Crippen LogP contribution >= 0.6 is 11.6 Å². The SMILES string of the molecule is CCn1c(C(C)NCC(O)c2ccc(Cl)cc2)nc2ccccc21. The molecule has 4 nitrogen and oxygen atoms in total. The topological polar surface area (TPSA) is 50.1 Å². The second-order valence-corrected chi connectivity index (χ2v) is 6.34. The quantitative estimate of drug-likeness (QED) is 0.708. The smallest absolute Gasteiger partial charge is 0.126 e. The highest BCUT2D eigenvalue weighted by molar-refractivity contribution is 6.30. The van der Waals surface area contributed by atoms with E-state index in [0.29, 0.717) is 11.6 Å². The van der Waals surface area contributed by atoms with E-state index < -0.39 is 6.10 Å². The van der Waals surface area contributed by atoms with Gasteiger partial charge in [0, 0.05) is 18.1 Å². The molecule has 0 aliphatic heterocycles. The largest absolute Gasteiger partial charge is 0.387 e. The number of para-hydroxylation sites is 2. The fraction of sp³-hybridized carbons (Fsp3) is 0.316. The first-order valence-electron chi connectivity index (χ1n) is 8.22. The van der Waals surface area contributed by atoms with Gasteiger partial charge in [-0.15, -0.1) is 0 Å². The normalized spacial score (nSPS) is 14.0. The summed E-state index contributed by atoms with van der Waals surface area (Å²) in [6.45, 7) is 5.51. The number of imidazole rings is 1. The van der Waals surface area contributed by atoms with E-state index in [2.05, 4.69) is 29.8 Å². The molecule has 2 unspecified atom stereocenters. The van der Waals surface area contributed by atoms with Crippen LogP contribution in [0.15, 0.2) is 48.5 Å². The summed E-state index contributed by atoms with van der Waals surface area (Å²) < 4.78 is 2.21. The molecule has 0 radical (unpaired) electrons. The Bertz CT molecular complexity index is 813. The highest BCUT2D eigenvalue weighted by atomic mass is 35.5. The first-order chi connectivity index (χ1) is 11.6. The standard InChI is InChI=1S/C19H22ClN3O/c1-3-23-17-7-5-4-6-16(17)22-19(23)13(2)21-12-18(24)14-8-10-15(20)11-9-14/h4-11,13,18,21,24H,3,12H2,1-2H3. The average Bonchev–Trinajstić information content (AvgIpc) is 2.98. The highest BCUT2D eigenvalue weighted by Crippen LogP contribution is 2.22. The first-order valence-corrected chi connectivity index (χ1v) is 8.60. The van der Waals surface area contributed by atoms with Crippen molar-refractivity contribution in [1.29, 1.82) is 0 Å². The summed E-state index contributed by atoms with van der Waals surface area (Å²) in [4.78, 5) is 4.75. The van der Waals surface area contributed by atoms with Crippen molar-refractivity contribution < 1.29 is 5.11 Å². The van der Waals surface area contributed by atoms with Crippen LogP contribution < -0.4 is 5.32 Å². The zero-order valence-corrected chi connectivity index (χ0v) is 14.7. The van der Waals surface area contributed by atoms with Crippen LogP contribution in [0.2, 0.25) is 5.02 Å². The Balaban J connectivity index is 1.73. The average molecular weight is 344 g/mol. The number of aromatic nitrogens is 2. The number of nitrogens with one attached hydrogen (secondary N) is 1. The van der Waals surface area contributed by atoms with Crippen LogP contribution in [0.4, 0.5) is 0 Å². The van der Waals surface area contributed by atoms with Crippen molar-refractivity contribution >= 4 is 22.6 Å². The van der Waals surface area contributed by atoms with Gasteiger partial charge >= 0.3 is 0 Å². The Labute approximate surface area is 147 Å². The molecule has 2 N–H and O–H groups in total. The number of hydrogen-bond donors (Lipinski definition) is 2. The molecule has 1 aromatic heterocycles. The number of aliphatic hydroxyl groups is 1. The Morgan fingerprint density at radius 2 is 1.88 bits per heavy atom. The van der Waals surface area contributed by atoms with E-state index in [0.717, 1.165) is 29.0 Å². The minimum Gasteiger partial charge on any atom is -0.387 e. The van der Waals surface area contributed by atoms with Crippen LogP contribution in [0.3, 0.4) is 0 Å². The maximum atomic E-state index is 10.3. The van der Waals surface area contributed by atoms with Gasteiger partial charge in [-0.1, -0.05) is 35.9 Å². The molecule has 0 saturated carbocycles. The maximum Gasteiger partial charge on any atom is 0.126 e. The molecule has 5 heteroatoms. The molecule has 3 rings (SSSR count). The van der Waals surface area contributed by atoms with E-state index >= 15 is 0 Å². The summed E-state index contributed by atoms with van der Waals surface area (Å²) in [6.07, 6.45) is -0.579. The predicted molar refractivity (Wildman–Crippen MR) is 98.2 cm³/mol. The van der Waals surface area contributed by atoms with Crippen LogP contribution in [0.25, 0.3) is 11.0 Å². The van der Waals surface area contributed by atoms with Gasteiger partial charge in [0.15, 0.2) is 0 Å². The summed E-state index contributed by atoms with van der Waals surface area (Å²) in [5, 5.41) is 14.4. The van der Waals surface area contributed by atoms with Gasteiger partial charge in [0.25, 0.3) is 0 Å². The van der Waals surface area contributed by atoms with Gasteiger partial charge < -0.3 is 15.0 Å². The number of fused-ring (bicyclic) bond motifs is 1. The summed E-state index contributed by atoms with van der Waals surface area (Å²) in [7, 11) is 0. The number of halogens is 1. The second kappa shape index (κ2) is 7.34. The highest BCUT2D eigenvalue weighted by Gasteiger charge is 2.17. The van der Waals surface area contributed by atoms with Crippen LogP contribution in [0.1, 0.15) is 37.4 Å². The molecule has 126 valence electrons. The molecule has 0 fully saturated rings. The van der Waals surface area contributed by atoms with Crippen LogP contribution in [-0.2, 0) is 6.54 Å². The summed E-state index contributed by atoms with van der Waals surface area (Å²) in [6, 6.07) is 15.5. The lowest BCUT2D eigenvalue weighted by molar-refractivity contribution is 0.170. The minimum absolute atomic E-state index is 0.0410. The Hall–Kier alpha value is -1.88. The fourth-order valence-electron chi connectivity index (χ4n) is 2.94. The molecule has 3 aromatic rings. The molecule has 0 amide bonds. The van der Waals surface area contributed by atoms with E-state index in [-0.39, 0.29) is 6.04 Å². The molecule has 0 aliphatic carbocycles. The zero-order chi connectivity index (χ0) is 17.1. The van der Waals surface area contributed by atoms with Gasteiger partial charge in [0.05, 0.1) is 23.2 Å². The summed E-state index contributed by atoms with van der Waals surface area (Å²) in [5.74, 6) is 0.988. The van der Waals surface area contributed by atoms with E-state index in [4.69, 9.17) is 16.6 Å². The minimum atomic E-state index is -0.579. The molecule has 0 spiro atoms. The lowest BCUT2D eigenvalue weighted by atomic mass is 10.1. The summed E-state index contributed by atoms with van der Waals surface area (Å²) >= 11 is 5.89. The van der Waals surface area contributed by atoms with E-state index in [1.165, 1.54) is 0 Å². The number of rotatable bonds is 6. The summed E-state index contributed by atoms with van der Waals surface area (Å²) in [5.41, 5.74) is 2.99. The molecule has 0 bridgehead atoms. The number of hydrogen-bond acceptors (Lipinski definition) is 3. The monoisotopic (exact) mass is 343 g/mol. The maximum absolute atomic E-state index is 10.3. The molecular weight excluding hydrogens is 322 g/mol. The van der Waals surface area contributed by atoms with Crippen molar-refractivity contribution in [3.05, 3.63) is 64.9 Å². The Morgan fingerprint density at radius 3 is 2.58 bits per heavy atom. The molecule has 2 atom stereocenters. The third-order valence-electron chi connectivity index (χ3n) is 4.26. The van der Waals surface area contributed by atoms with Crippen LogP contribution in [0, 0.1) is 0 Å². The molecule has 1 heterocycles. The van der Waals surface area contributed by atoms with Gasteiger partial charge in [-0.2, -0.15) is 0 Å². The van der Waals surface area contributed by atoms with Crippen molar-refractivity contribution in [2.75, 3.05) is 6.54 Å². The van der Waals surface area contributed by atoms with Crippen molar-refractivity contribution in [3.63, 3.8) is 0 Å². The lowest BCUT2D eigenvalue weighted by Gasteiger charge is -2.18. The van der Waals surface area contributed by atoms with Gasteiger partial charge in [0.2, 0.25) is 0 Å². The van der Waals surface area contributed by atoms with Gasteiger partial charge in [-0.05, 0) is 43.7 Å².